The summed E-state index contributed by atoms with van der Waals surface area (Å²) in [5.74, 6) is -0.00291. The molecule has 1 heterocycles. The van der Waals surface area contributed by atoms with E-state index in [1.165, 1.54) is 0 Å². The van der Waals surface area contributed by atoms with Crippen LogP contribution in [0.25, 0.3) is 10.9 Å². The highest BCUT2D eigenvalue weighted by molar-refractivity contribution is 5.98. The first-order chi connectivity index (χ1) is 8.66. The predicted octanol–water partition coefficient (Wildman–Crippen LogP) is 1.85. The molecular weight excluding hydrogens is 226 g/mol. The van der Waals surface area contributed by atoms with Crippen LogP contribution in [-0.4, -0.2) is 43.0 Å². The van der Waals surface area contributed by atoms with E-state index in [1.807, 2.05) is 44.6 Å². The molecule has 4 nitrogen and oxygen atoms in total. The summed E-state index contributed by atoms with van der Waals surface area (Å²) < 4.78 is 0. The number of hydrogen-bond donors (Lipinski definition) is 2. The van der Waals surface area contributed by atoms with Crippen molar-refractivity contribution in [2.75, 3.05) is 27.2 Å². The highest BCUT2D eigenvalue weighted by Gasteiger charge is 2.05. The Morgan fingerprint density at radius 3 is 2.94 bits per heavy atom. The molecule has 2 aromatic rings. The highest BCUT2D eigenvalue weighted by Crippen LogP contribution is 2.14. The quantitative estimate of drug-likeness (QED) is 0.790. The SMILES string of the molecule is CN(C)CCCNC(=O)c1ccc2[nH]ccc2c1. The summed E-state index contributed by atoms with van der Waals surface area (Å²) in [6.45, 7) is 1.69. The second-order valence-corrected chi connectivity index (χ2v) is 4.69. The standard InChI is InChI=1S/C14H19N3O/c1-17(2)9-3-7-16-14(18)12-4-5-13-11(10-12)6-8-15-13/h4-6,8,10,15H,3,7,9H2,1-2H3,(H,16,18). The summed E-state index contributed by atoms with van der Waals surface area (Å²) in [5.41, 5.74) is 1.77. The molecule has 0 bridgehead atoms. The minimum Gasteiger partial charge on any atom is -0.361 e. The van der Waals surface area contributed by atoms with Crippen molar-refractivity contribution in [2.24, 2.45) is 0 Å². The molecule has 0 aliphatic heterocycles. The smallest absolute Gasteiger partial charge is 0.251 e. The number of rotatable bonds is 5. The number of carbonyl (C=O) groups is 1. The lowest BCUT2D eigenvalue weighted by atomic mass is 10.1. The Hall–Kier alpha value is -1.81. The van der Waals surface area contributed by atoms with Crippen LogP contribution in [0.3, 0.4) is 0 Å². The number of amides is 1. The highest BCUT2D eigenvalue weighted by atomic mass is 16.1. The van der Waals surface area contributed by atoms with E-state index in [1.54, 1.807) is 0 Å². The molecule has 18 heavy (non-hydrogen) atoms. The average Bonchev–Trinajstić information content (AvgIpc) is 2.81. The van der Waals surface area contributed by atoms with Crippen LogP contribution in [0.2, 0.25) is 0 Å². The zero-order valence-electron chi connectivity index (χ0n) is 10.9. The molecule has 1 aromatic heterocycles. The molecule has 4 heteroatoms. The number of fused-ring (bicyclic) bond motifs is 1. The van der Waals surface area contributed by atoms with Crippen molar-refractivity contribution >= 4 is 16.8 Å². The summed E-state index contributed by atoms with van der Waals surface area (Å²) in [5, 5.41) is 4.00. The van der Waals surface area contributed by atoms with Gasteiger partial charge in [0.15, 0.2) is 0 Å². The molecule has 0 aliphatic carbocycles. The van der Waals surface area contributed by atoms with Crippen LogP contribution in [0.15, 0.2) is 30.5 Å². The van der Waals surface area contributed by atoms with Crippen LogP contribution in [0.5, 0.6) is 0 Å². The van der Waals surface area contributed by atoms with Gasteiger partial charge in [0, 0.05) is 29.2 Å². The molecule has 0 radical (unpaired) electrons. The number of aromatic nitrogens is 1. The van der Waals surface area contributed by atoms with E-state index in [2.05, 4.69) is 15.2 Å². The van der Waals surface area contributed by atoms with E-state index in [0.717, 1.165) is 23.9 Å². The summed E-state index contributed by atoms with van der Waals surface area (Å²) in [6.07, 6.45) is 2.84. The Bertz CT molecular complexity index is 531. The molecule has 0 saturated heterocycles. The third-order valence-corrected chi connectivity index (χ3v) is 2.88. The fraction of sp³-hybridized carbons (Fsp3) is 0.357. The zero-order chi connectivity index (χ0) is 13.0. The Kier molecular flexibility index (Phi) is 3.99. The van der Waals surface area contributed by atoms with Gasteiger partial charge in [0.2, 0.25) is 0 Å². The minimum atomic E-state index is -0.00291. The van der Waals surface area contributed by atoms with E-state index in [4.69, 9.17) is 0 Å². The molecule has 1 aromatic carbocycles. The van der Waals surface area contributed by atoms with Gasteiger partial charge in [-0.2, -0.15) is 0 Å². The van der Waals surface area contributed by atoms with Crippen molar-refractivity contribution in [1.82, 2.24) is 15.2 Å². The van der Waals surface area contributed by atoms with Gasteiger partial charge < -0.3 is 15.2 Å². The molecular formula is C14H19N3O. The van der Waals surface area contributed by atoms with Crippen LogP contribution in [0.1, 0.15) is 16.8 Å². The Labute approximate surface area is 107 Å². The lowest BCUT2D eigenvalue weighted by molar-refractivity contribution is 0.0952. The van der Waals surface area contributed by atoms with Gasteiger partial charge in [-0.05, 0) is 51.3 Å². The van der Waals surface area contributed by atoms with Gasteiger partial charge in [-0.3, -0.25) is 4.79 Å². The maximum absolute atomic E-state index is 11.9. The second-order valence-electron chi connectivity index (χ2n) is 4.69. The molecule has 0 atom stereocenters. The molecule has 0 spiro atoms. The maximum atomic E-state index is 11.9. The van der Waals surface area contributed by atoms with Crippen molar-refractivity contribution in [3.8, 4) is 0 Å². The molecule has 96 valence electrons. The first kappa shape index (κ1) is 12.6. The number of H-pyrrole nitrogens is 1. The van der Waals surface area contributed by atoms with Crippen molar-refractivity contribution in [3.63, 3.8) is 0 Å². The molecule has 2 rings (SSSR count). The van der Waals surface area contributed by atoms with E-state index >= 15 is 0 Å². The van der Waals surface area contributed by atoms with E-state index < -0.39 is 0 Å². The summed E-state index contributed by atoms with van der Waals surface area (Å²) in [7, 11) is 4.06. The summed E-state index contributed by atoms with van der Waals surface area (Å²) in [4.78, 5) is 17.1. The number of benzene rings is 1. The Balaban J connectivity index is 1.92. The van der Waals surface area contributed by atoms with E-state index in [-0.39, 0.29) is 5.91 Å². The van der Waals surface area contributed by atoms with Crippen molar-refractivity contribution < 1.29 is 4.79 Å². The Morgan fingerprint density at radius 1 is 1.33 bits per heavy atom. The van der Waals surface area contributed by atoms with Crippen LogP contribution in [0.4, 0.5) is 0 Å². The normalized spacial score (nSPS) is 11.1. The third-order valence-electron chi connectivity index (χ3n) is 2.88. The average molecular weight is 245 g/mol. The van der Waals surface area contributed by atoms with Gasteiger partial charge >= 0.3 is 0 Å². The van der Waals surface area contributed by atoms with Crippen molar-refractivity contribution in [2.45, 2.75) is 6.42 Å². The van der Waals surface area contributed by atoms with Gasteiger partial charge in [0.05, 0.1) is 0 Å². The second kappa shape index (κ2) is 5.69. The van der Waals surface area contributed by atoms with Gasteiger partial charge in [-0.1, -0.05) is 0 Å². The van der Waals surface area contributed by atoms with E-state index in [0.29, 0.717) is 12.1 Å². The fourth-order valence-electron chi connectivity index (χ4n) is 1.89. The number of carbonyl (C=O) groups excluding carboxylic acids is 1. The van der Waals surface area contributed by atoms with Gasteiger partial charge in [-0.25, -0.2) is 0 Å². The number of aromatic amines is 1. The van der Waals surface area contributed by atoms with Gasteiger partial charge in [0.1, 0.15) is 0 Å². The largest absolute Gasteiger partial charge is 0.361 e. The minimum absolute atomic E-state index is 0.00291. The lowest BCUT2D eigenvalue weighted by Gasteiger charge is -2.09. The maximum Gasteiger partial charge on any atom is 0.251 e. The molecule has 0 aliphatic rings. The first-order valence-corrected chi connectivity index (χ1v) is 6.17. The summed E-state index contributed by atoms with van der Waals surface area (Å²) >= 11 is 0. The van der Waals surface area contributed by atoms with Crippen LogP contribution in [-0.2, 0) is 0 Å². The monoisotopic (exact) mass is 245 g/mol. The van der Waals surface area contributed by atoms with Crippen molar-refractivity contribution in [3.05, 3.63) is 36.0 Å². The molecule has 1 amide bonds. The molecule has 0 saturated carbocycles. The zero-order valence-corrected chi connectivity index (χ0v) is 10.9. The van der Waals surface area contributed by atoms with Crippen LogP contribution in [0, 0.1) is 0 Å². The molecule has 2 N–H and O–H groups in total. The topological polar surface area (TPSA) is 48.1 Å². The van der Waals surface area contributed by atoms with Crippen molar-refractivity contribution in [1.29, 1.82) is 0 Å². The molecule has 0 fully saturated rings. The predicted molar refractivity (Wildman–Crippen MR) is 73.8 cm³/mol. The van der Waals surface area contributed by atoms with Crippen LogP contribution >= 0.6 is 0 Å². The fourth-order valence-corrected chi connectivity index (χ4v) is 1.89. The Morgan fingerprint density at radius 2 is 2.17 bits per heavy atom. The van der Waals surface area contributed by atoms with E-state index in [9.17, 15) is 4.79 Å². The number of nitrogens with one attached hydrogen (secondary N) is 2. The first-order valence-electron chi connectivity index (χ1n) is 6.17. The third kappa shape index (κ3) is 3.11. The number of nitrogens with zero attached hydrogens (tertiary/aromatic N) is 1. The molecule has 0 unspecified atom stereocenters. The number of hydrogen-bond acceptors (Lipinski definition) is 2. The summed E-state index contributed by atoms with van der Waals surface area (Å²) in [6, 6.07) is 7.66. The lowest BCUT2D eigenvalue weighted by Crippen LogP contribution is -2.27. The van der Waals surface area contributed by atoms with Gasteiger partial charge in [0.25, 0.3) is 5.91 Å². The van der Waals surface area contributed by atoms with Gasteiger partial charge in [-0.15, -0.1) is 0 Å². The van der Waals surface area contributed by atoms with Crippen LogP contribution < -0.4 is 5.32 Å².